The highest BCUT2D eigenvalue weighted by molar-refractivity contribution is 4.89. The second-order valence-electron chi connectivity index (χ2n) is 6.07. The van der Waals surface area contributed by atoms with Gasteiger partial charge in [-0.1, -0.05) is 26.7 Å². The predicted molar refractivity (Wildman–Crippen MR) is 86.8 cm³/mol. The van der Waals surface area contributed by atoms with Gasteiger partial charge in [0.15, 0.2) is 0 Å². The van der Waals surface area contributed by atoms with Crippen molar-refractivity contribution in [2.24, 2.45) is 5.41 Å². The molecule has 1 aliphatic rings. The van der Waals surface area contributed by atoms with Crippen LogP contribution in [0.1, 0.15) is 52.4 Å². The summed E-state index contributed by atoms with van der Waals surface area (Å²) in [6, 6.07) is 0. The van der Waals surface area contributed by atoms with E-state index in [2.05, 4.69) is 19.2 Å². The lowest BCUT2D eigenvalue weighted by molar-refractivity contribution is 0.0000172. The summed E-state index contributed by atoms with van der Waals surface area (Å²) >= 11 is 0. The molecular formula is C17H35NO3. The van der Waals surface area contributed by atoms with Crippen LogP contribution in [-0.2, 0) is 14.2 Å². The molecule has 0 heterocycles. The number of hydrogen-bond donors (Lipinski definition) is 1. The first-order valence-electron chi connectivity index (χ1n) is 8.77. The van der Waals surface area contributed by atoms with Gasteiger partial charge in [0.1, 0.15) is 0 Å². The third kappa shape index (κ3) is 8.77. The summed E-state index contributed by atoms with van der Waals surface area (Å²) in [6.45, 7) is 11.0. The molecule has 1 saturated carbocycles. The summed E-state index contributed by atoms with van der Waals surface area (Å²) in [6.07, 6.45) is 7.60. The lowest BCUT2D eigenvalue weighted by atomic mass is 9.67. The molecule has 0 aromatic carbocycles. The van der Waals surface area contributed by atoms with Gasteiger partial charge in [0, 0.05) is 19.8 Å². The predicted octanol–water partition coefficient (Wildman–Crippen LogP) is 3.01. The fourth-order valence-corrected chi connectivity index (χ4v) is 2.66. The largest absolute Gasteiger partial charge is 0.379 e. The average Bonchev–Trinajstić information content (AvgIpc) is 2.46. The van der Waals surface area contributed by atoms with E-state index in [1.807, 2.05) is 0 Å². The summed E-state index contributed by atoms with van der Waals surface area (Å²) in [4.78, 5) is 0. The van der Waals surface area contributed by atoms with Gasteiger partial charge < -0.3 is 19.5 Å². The fourth-order valence-electron chi connectivity index (χ4n) is 2.66. The Hall–Kier alpha value is -0.160. The van der Waals surface area contributed by atoms with Crippen molar-refractivity contribution in [3.05, 3.63) is 0 Å². The zero-order valence-electron chi connectivity index (χ0n) is 14.1. The molecule has 0 saturated heterocycles. The van der Waals surface area contributed by atoms with Crippen molar-refractivity contribution in [3.8, 4) is 0 Å². The van der Waals surface area contributed by atoms with Gasteiger partial charge in [-0.25, -0.2) is 0 Å². The van der Waals surface area contributed by atoms with Crippen molar-refractivity contribution in [1.29, 1.82) is 0 Å². The number of unbranched alkanes of at least 4 members (excludes halogenated alkanes) is 1. The van der Waals surface area contributed by atoms with Gasteiger partial charge in [0.25, 0.3) is 0 Å². The standard InChI is InChI=1S/C17H35NO3/c1-3-5-10-19-12-14-21-15-13-20-11-9-17(7-6-8-17)16-18-4-2/h18H,3-16H2,1-2H3. The Bertz CT molecular complexity index is 232. The Balaban J connectivity index is 1.83. The Labute approximate surface area is 130 Å². The van der Waals surface area contributed by atoms with Crippen LogP contribution in [0.25, 0.3) is 0 Å². The van der Waals surface area contributed by atoms with E-state index < -0.39 is 0 Å². The molecule has 0 amide bonds. The third-order valence-electron chi connectivity index (χ3n) is 4.33. The van der Waals surface area contributed by atoms with E-state index in [9.17, 15) is 0 Å². The van der Waals surface area contributed by atoms with E-state index in [4.69, 9.17) is 14.2 Å². The SMILES string of the molecule is CCCCOCCOCCOCCC1(CNCC)CCC1. The van der Waals surface area contributed by atoms with Crippen molar-refractivity contribution in [1.82, 2.24) is 5.32 Å². The second kappa shape index (κ2) is 12.4. The Morgan fingerprint density at radius 3 is 2.00 bits per heavy atom. The molecule has 0 bridgehead atoms. The molecule has 4 heteroatoms. The van der Waals surface area contributed by atoms with E-state index in [-0.39, 0.29) is 0 Å². The monoisotopic (exact) mass is 301 g/mol. The molecule has 0 unspecified atom stereocenters. The molecule has 126 valence electrons. The number of ether oxygens (including phenoxy) is 3. The Morgan fingerprint density at radius 1 is 0.857 bits per heavy atom. The zero-order chi connectivity index (χ0) is 15.2. The molecule has 1 N–H and O–H groups in total. The highest BCUT2D eigenvalue weighted by Crippen LogP contribution is 2.43. The summed E-state index contributed by atoms with van der Waals surface area (Å²) in [7, 11) is 0. The number of hydrogen-bond acceptors (Lipinski definition) is 4. The highest BCUT2D eigenvalue weighted by atomic mass is 16.5. The minimum absolute atomic E-state index is 0.518. The van der Waals surface area contributed by atoms with Crippen LogP contribution in [-0.4, -0.2) is 52.7 Å². The molecule has 0 aromatic rings. The van der Waals surface area contributed by atoms with Crippen LogP contribution in [0, 0.1) is 5.41 Å². The molecule has 0 radical (unpaired) electrons. The van der Waals surface area contributed by atoms with Gasteiger partial charge in [-0.3, -0.25) is 0 Å². The zero-order valence-corrected chi connectivity index (χ0v) is 14.1. The van der Waals surface area contributed by atoms with Gasteiger partial charge in [0.2, 0.25) is 0 Å². The first-order valence-corrected chi connectivity index (χ1v) is 8.77. The maximum absolute atomic E-state index is 5.70. The molecule has 21 heavy (non-hydrogen) atoms. The van der Waals surface area contributed by atoms with Gasteiger partial charge in [-0.05, 0) is 37.6 Å². The van der Waals surface area contributed by atoms with Crippen molar-refractivity contribution < 1.29 is 14.2 Å². The molecule has 0 aliphatic heterocycles. The molecule has 0 spiro atoms. The van der Waals surface area contributed by atoms with Crippen molar-refractivity contribution in [2.75, 3.05) is 52.7 Å². The van der Waals surface area contributed by atoms with Gasteiger partial charge in [0.05, 0.1) is 26.4 Å². The minimum atomic E-state index is 0.518. The first-order chi connectivity index (χ1) is 10.3. The van der Waals surface area contributed by atoms with Crippen molar-refractivity contribution >= 4 is 0 Å². The maximum atomic E-state index is 5.70. The molecule has 1 rings (SSSR count). The van der Waals surface area contributed by atoms with Crippen molar-refractivity contribution in [2.45, 2.75) is 52.4 Å². The topological polar surface area (TPSA) is 39.7 Å². The van der Waals surface area contributed by atoms with E-state index in [0.717, 1.165) is 32.7 Å². The van der Waals surface area contributed by atoms with E-state index in [0.29, 0.717) is 31.8 Å². The summed E-state index contributed by atoms with van der Waals surface area (Å²) in [5, 5.41) is 3.49. The average molecular weight is 301 g/mol. The van der Waals surface area contributed by atoms with Crippen LogP contribution in [0.2, 0.25) is 0 Å². The Morgan fingerprint density at radius 2 is 1.48 bits per heavy atom. The molecule has 1 fully saturated rings. The van der Waals surface area contributed by atoms with E-state index in [1.165, 1.54) is 32.1 Å². The van der Waals surface area contributed by atoms with Crippen molar-refractivity contribution in [3.63, 3.8) is 0 Å². The number of nitrogens with one attached hydrogen (secondary N) is 1. The first kappa shape index (κ1) is 18.9. The molecule has 4 nitrogen and oxygen atoms in total. The lowest BCUT2D eigenvalue weighted by Gasteiger charge is -2.42. The van der Waals surface area contributed by atoms with Crippen LogP contribution >= 0.6 is 0 Å². The summed E-state index contributed by atoms with van der Waals surface area (Å²) in [5.41, 5.74) is 0.518. The minimum Gasteiger partial charge on any atom is -0.379 e. The molecule has 1 aliphatic carbocycles. The Kier molecular flexibility index (Phi) is 11.1. The maximum Gasteiger partial charge on any atom is 0.0701 e. The summed E-state index contributed by atoms with van der Waals surface area (Å²) in [5.74, 6) is 0. The highest BCUT2D eigenvalue weighted by Gasteiger charge is 2.35. The normalized spacial score (nSPS) is 16.9. The second-order valence-corrected chi connectivity index (χ2v) is 6.07. The third-order valence-corrected chi connectivity index (χ3v) is 4.33. The van der Waals surface area contributed by atoms with Crippen LogP contribution in [0.3, 0.4) is 0 Å². The number of rotatable bonds is 15. The smallest absolute Gasteiger partial charge is 0.0701 e. The molecular weight excluding hydrogens is 266 g/mol. The van der Waals surface area contributed by atoms with Gasteiger partial charge in [-0.2, -0.15) is 0 Å². The van der Waals surface area contributed by atoms with Crippen LogP contribution in [0.5, 0.6) is 0 Å². The van der Waals surface area contributed by atoms with Crippen LogP contribution in [0.15, 0.2) is 0 Å². The van der Waals surface area contributed by atoms with Crippen LogP contribution < -0.4 is 5.32 Å². The molecule has 0 atom stereocenters. The lowest BCUT2D eigenvalue weighted by Crippen LogP contribution is -2.40. The summed E-state index contributed by atoms with van der Waals surface area (Å²) < 4.78 is 16.6. The van der Waals surface area contributed by atoms with E-state index >= 15 is 0 Å². The van der Waals surface area contributed by atoms with Gasteiger partial charge >= 0.3 is 0 Å². The van der Waals surface area contributed by atoms with Crippen LogP contribution in [0.4, 0.5) is 0 Å². The fraction of sp³-hybridized carbons (Fsp3) is 1.00. The quantitative estimate of drug-likeness (QED) is 0.472. The van der Waals surface area contributed by atoms with Gasteiger partial charge in [-0.15, -0.1) is 0 Å². The van der Waals surface area contributed by atoms with E-state index in [1.54, 1.807) is 0 Å². The molecule has 0 aromatic heterocycles.